The minimum absolute atomic E-state index is 0.0986. The van der Waals surface area contributed by atoms with Gasteiger partial charge in [-0.3, -0.25) is 0 Å². The fourth-order valence-corrected chi connectivity index (χ4v) is 3.81. The van der Waals surface area contributed by atoms with Crippen LogP contribution in [-0.2, 0) is 0 Å². The molecule has 11 heavy (non-hydrogen) atoms. The lowest BCUT2D eigenvalue weighted by molar-refractivity contribution is 0.895. The van der Waals surface area contributed by atoms with E-state index in [0.29, 0.717) is 5.92 Å². The second-order valence-corrected chi connectivity index (χ2v) is 6.44. The topological polar surface area (TPSA) is 0 Å². The number of hydrogen-bond acceptors (Lipinski definition) is 1. The van der Waals surface area contributed by atoms with Gasteiger partial charge < -0.3 is 0 Å². The summed E-state index contributed by atoms with van der Waals surface area (Å²) in [4.78, 5) is 1.58. The van der Waals surface area contributed by atoms with Crippen molar-refractivity contribution in [2.24, 2.45) is 0 Å². The molecule has 0 aliphatic heterocycles. The molecule has 0 amide bonds. The molecule has 0 radical (unpaired) electrons. The molecule has 0 N–H and O–H groups in total. The Labute approximate surface area is 74.4 Å². The molecule has 62 valence electrons. The van der Waals surface area contributed by atoms with Crippen molar-refractivity contribution in [3.8, 4) is 0 Å². The molecular weight excluding hydrogens is 171 g/mol. The lowest BCUT2D eigenvalue weighted by atomic mass is 10.2. The predicted octanol–water partition coefficient (Wildman–Crippen LogP) is 3.24. The van der Waals surface area contributed by atoms with Gasteiger partial charge in [0.15, 0.2) is 0 Å². The summed E-state index contributed by atoms with van der Waals surface area (Å²) in [6.07, 6.45) is 0. The van der Waals surface area contributed by atoms with E-state index in [-0.39, 0.29) is 7.92 Å². The van der Waals surface area contributed by atoms with Gasteiger partial charge in [0.2, 0.25) is 0 Å². The Bertz CT molecular complexity index is 203. The monoisotopic (exact) mass is 186 g/mol. The van der Waals surface area contributed by atoms with Gasteiger partial charge in [0.25, 0.3) is 0 Å². The molecule has 0 nitrogen and oxygen atoms in total. The van der Waals surface area contributed by atoms with Gasteiger partial charge in [-0.15, -0.1) is 11.3 Å². The van der Waals surface area contributed by atoms with Crippen LogP contribution in [0.4, 0.5) is 0 Å². The van der Waals surface area contributed by atoms with Gasteiger partial charge in [-0.05, 0) is 36.0 Å². The van der Waals surface area contributed by atoms with E-state index in [1.807, 2.05) is 11.3 Å². The van der Waals surface area contributed by atoms with Gasteiger partial charge in [0.05, 0.1) is 0 Å². The van der Waals surface area contributed by atoms with E-state index >= 15 is 0 Å². The zero-order valence-electron chi connectivity index (χ0n) is 7.59. The summed E-state index contributed by atoms with van der Waals surface area (Å²) in [7, 11) is 0.0986. The van der Waals surface area contributed by atoms with Crippen LogP contribution in [0, 0.1) is 0 Å². The molecule has 2 heteroatoms. The van der Waals surface area contributed by atoms with Gasteiger partial charge in [-0.25, -0.2) is 0 Å². The molecular formula is C9H15PS. The molecule has 1 aromatic heterocycles. The molecule has 0 saturated carbocycles. The second-order valence-electron chi connectivity index (χ2n) is 3.22. The first-order chi connectivity index (χ1) is 5.13. The molecule has 0 aliphatic rings. The lowest BCUT2D eigenvalue weighted by Gasteiger charge is -2.09. The Morgan fingerprint density at radius 3 is 2.36 bits per heavy atom. The third kappa shape index (κ3) is 2.04. The van der Waals surface area contributed by atoms with Crippen molar-refractivity contribution in [1.82, 2.24) is 0 Å². The first-order valence-electron chi connectivity index (χ1n) is 3.87. The van der Waals surface area contributed by atoms with Crippen molar-refractivity contribution in [1.29, 1.82) is 0 Å². The third-order valence-electron chi connectivity index (χ3n) is 1.68. The van der Waals surface area contributed by atoms with Crippen LogP contribution in [0.15, 0.2) is 11.4 Å². The van der Waals surface area contributed by atoms with Crippen molar-refractivity contribution >= 4 is 24.6 Å². The maximum Gasteiger partial charge on any atom is 0.0147 e. The summed E-state index contributed by atoms with van der Waals surface area (Å²) in [5, 5.41) is 3.81. The molecule has 0 atom stereocenters. The van der Waals surface area contributed by atoms with Gasteiger partial charge in [0, 0.05) is 4.88 Å². The summed E-state index contributed by atoms with van der Waals surface area (Å²) in [6.45, 7) is 9.19. The summed E-state index contributed by atoms with van der Waals surface area (Å²) >= 11 is 1.90. The SMILES string of the molecule is CC(C)c1sccc1P(C)C. The highest BCUT2D eigenvalue weighted by Gasteiger charge is 2.09. The van der Waals surface area contributed by atoms with Crippen LogP contribution in [-0.4, -0.2) is 13.3 Å². The quantitative estimate of drug-likeness (QED) is 0.622. The van der Waals surface area contributed by atoms with Crippen LogP contribution in [0.2, 0.25) is 0 Å². The Kier molecular flexibility index (Phi) is 3.09. The van der Waals surface area contributed by atoms with E-state index in [2.05, 4.69) is 38.6 Å². The van der Waals surface area contributed by atoms with Crippen molar-refractivity contribution < 1.29 is 0 Å². The van der Waals surface area contributed by atoms with Gasteiger partial charge in [0.1, 0.15) is 0 Å². The zero-order valence-corrected chi connectivity index (χ0v) is 9.30. The van der Waals surface area contributed by atoms with Crippen molar-refractivity contribution in [3.63, 3.8) is 0 Å². The van der Waals surface area contributed by atoms with Crippen molar-refractivity contribution in [2.75, 3.05) is 13.3 Å². The zero-order chi connectivity index (χ0) is 8.43. The average Bonchev–Trinajstić information content (AvgIpc) is 2.32. The Balaban J connectivity index is 2.96. The highest BCUT2D eigenvalue weighted by atomic mass is 32.1. The van der Waals surface area contributed by atoms with Gasteiger partial charge >= 0.3 is 0 Å². The first kappa shape index (κ1) is 9.22. The smallest absolute Gasteiger partial charge is 0.0147 e. The molecule has 0 aliphatic carbocycles. The molecule has 1 aromatic rings. The minimum Gasteiger partial charge on any atom is -0.148 e. The van der Waals surface area contributed by atoms with E-state index in [1.54, 1.807) is 10.2 Å². The minimum atomic E-state index is 0.0986. The van der Waals surface area contributed by atoms with Crippen LogP contribution >= 0.6 is 19.3 Å². The number of hydrogen-bond donors (Lipinski definition) is 0. The molecule has 0 spiro atoms. The fourth-order valence-electron chi connectivity index (χ4n) is 1.12. The summed E-state index contributed by atoms with van der Waals surface area (Å²) in [5.74, 6) is 0.704. The van der Waals surface area contributed by atoms with Gasteiger partial charge in [-0.1, -0.05) is 21.8 Å². The number of rotatable bonds is 2. The van der Waals surface area contributed by atoms with E-state index in [9.17, 15) is 0 Å². The summed E-state index contributed by atoms with van der Waals surface area (Å²) in [5.41, 5.74) is 0. The van der Waals surface area contributed by atoms with E-state index in [0.717, 1.165) is 0 Å². The van der Waals surface area contributed by atoms with Crippen molar-refractivity contribution in [2.45, 2.75) is 19.8 Å². The van der Waals surface area contributed by atoms with E-state index in [1.165, 1.54) is 0 Å². The Morgan fingerprint density at radius 1 is 1.36 bits per heavy atom. The highest BCUT2D eigenvalue weighted by Crippen LogP contribution is 2.31. The maximum absolute atomic E-state index is 2.32. The van der Waals surface area contributed by atoms with Crippen LogP contribution < -0.4 is 5.30 Å². The van der Waals surface area contributed by atoms with E-state index < -0.39 is 0 Å². The van der Waals surface area contributed by atoms with Crippen LogP contribution in [0.5, 0.6) is 0 Å². The Hall–Kier alpha value is 0.130. The first-order valence-corrected chi connectivity index (χ1v) is 6.99. The molecule has 1 rings (SSSR count). The molecule has 0 bridgehead atoms. The maximum atomic E-state index is 2.32. The second kappa shape index (κ2) is 3.69. The molecule has 1 heterocycles. The Morgan fingerprint density at radius 2 is 2.00 bits per heavy atom. The largest absolute Gasteiger partial charge is 0.148 e. The predicted molar refractivity (Wildman–Crippen MR) is 56.8 cm³/mol. The molecule has 0 fully saturated rings. The number of thiophene rings is 1. The van der Waals surface area contributed by atoms with E-state index in [4.69, 9.17) is 0 Å². The molecule has 0 unspecified atom stereocenters. The third-order valence-corrected chi connectivity index (χ3v) is 4.40. The normalized spacial score (nSPS) is 11.5. The molecule has 0 saturated heterocycles. The van der Waals surface area contributed by atoms with Crippen molar-refractivity contribution in [3.05, 3.63) is 16.3 Å². The summed E-state index contributed by atoms with van der Waals surface area (Å²) in [6, 6.07) is 2.28. The average molecular weight is 186 g/mol. The van der Waals surface area contributed by atoms with Crippen LogP contribution in [0.3, 0.4) is 0 Å². The van der Waals surface area contributed by atoms with Crippen LogP contribution in [0.1, 0.15) is 24.6 Å². The van der Waals surface area contributed by atoms with Gasteiger partial charge in [-0.2, -0.15) is 0 Å². The highest BCUT2D eigenvalue weighted by molar-refractivity contribution is 7.64. The lowest BCUT2D eigenvalue weighted by Crippen LogP contribution is -2.03. The summed E-state index contributed by atoms with van der Waals surface area (Å²) < 4.78 is 0. The standard InChI is InChI=1S/C9H15PS/c1-7(2)9-8(10(3)4)5-6-11-9/h5-7H,1-4H3. The molecule has 0 aromatic carbocycles. The fraction of sp³-hybridized carbons (Fsp3) is 0.556. The van der Waals surface area contributed by atoms with Crippen LogP contribution in [0.25, 0.3) is 0 Å².